The van der Waals surface area contributed by atoms with E-state index in [1.165, 1.54) is 22.5 Å². The SMILES string of the molecule is CCN(C)CCN(CC)C(=O)c1sc(-c2cc(C)ccc2C)nc1C. The van der Waals surface area contributed by atoms with Gasteiger partial charge in [-0.25, -0.2) is 4.98 Å². The van der Waals surface area contributed by atoms with E-state index in [1.54, 1.807) is 0 Å². The second kappa shape index (κ2) is 8.59. The summed E-state index contributed by atoms with van der Waals surface area (Å²) in [5.41, 5.74) is 4.35. The molecule has 0 bridgehead atoms. The van der Waals surface area contributed by atoms with Crippen LogP contribution in [0.15, 0.2) is 18.2 Å². The maximum absolute atomic E-state index is 13.0. The molecule has 0 unspecified atom stereocenters. The van der Waals surface area contributed by atoms with E-state index in [9.17, 15) is 4.79 Å². The summed E-state index contributed by atoms with van der Waals surface area (Å²) in [6, 6.07) is 6.37. The lowest BCUT2D eigenvalue weighted by Crippen LogP contribution is -2.37. The van der Waals surface area contributed by atoms with Crippen molar-refractivity contribution in [2.24, 2.45) is 0 Å². The number of aryl methyl sites for hydroxylation is 3. The first kappa shape index (κ1) is 19.6. The standard InChI is InChI=1S/C20H29N3OS/c1-7-22(6)11-12-23(8-2)20(24)18-16(5)21-19(25-18)17-13-14(3)9-10-15(17)4/h9-10,13H,7-8,11-12H2,1-6H3. The molecule has 0 N–H and O–H groups in total. The lowest BCUT2D eigenvalue weighted by Gasteiger charge is -2.23. The Morgan fingerprint density at radius 2 is 1.84 bits per heavy atom. The molecule has 0 fully saturated rings. The van der Waals surface area contributed by atoms with Crippen LogP contribution in [0.3, 0.4) is 0 Å². The van der Waals surface area contributed by atoms with Crippen molar-refractivity contribution in [3.63, 3.8) is 0 Å². The van der Waals surface area contributed by atoms with Crippen molar-refractivity contribution in [2.45, 2.75) is 34.6 Å². The maximum Gasteiger partial charge on any atom is 0.265 e. The molecule has 0 aliphatic heterocycles. The zero-order chi connectivity index (χ0) is 18.6. The molecule has 4 nitrogen and oxygen atoms in total. The second-order valence-corrected chi connectivity index (χ2v) is 7.53. The third kappa shape index (κ3) is 4.67. The van der Waals surface area contributed by atoms with Gasteiger partial charge in [0.2, 0.25) is 0 Å². The van der Waals surface area contributed by atoms with E-state index in [0.717, 1.165) is 40.8 Å². The van der Waals surface area contributed by atoms with Crippen LogP contribution in [0, 0.1) is 20.8 Å². The van der Waals surface area contributed by atoms with Gasteiger partial charge in [-0.3, -0.25) is 4.79 Å². The highest BCUT2D eigenvalue weighted by atomic mass is 32.1. The third-order valence-corrected chi connectivity index (χ3v) is 5.75. The van der Waals surface area contributed by atoms with Gasteiger partial charge >= 0.3 is 0 Å². The Balaban J connectivity index is 2.26. The van der Waals surface area contributed by atoms with E-state index in [4.69, 9.17) is 4.98 Å². The summed E-state index contributed by atoms with van der Waals surface area (Å²) in [4.78, 5) is 22.6. The van der Waals surface area contributed by atoms with Gasteiger partial charge in [-0.1, -0.05) is 24.6 Å². The summed E-state index contributed by atoms with van der Waals surface area (Å²) < 4.78 is 0. The van der Waals surface area contributed by atoms with Gasteiger partial charge in [0, 0.05) is 25.2 Å². The van der Waals surface area contributed by atoms with Crippen LogP contribution in [0.25, 0.3) is 10.6 Å². The van der Waals surface area contributed by atoms with Crippen molar-refractivity contribution in [3.05, 3.63) is 39.9 Å². The minimum Gasteiger partial charge on any atom is -0.337 e. The fourth-order valence-corrected chi connectivity index (χ4v) is 3.79. The van der Waals surface area contributed by atoms with Crippen LogP contribution in [0.2, 0.25) is 0 Å². The van der Waals surface area contributed by atoms with E-state index < -0.39 is 0 Å². The number of rotatable bonds is 7. The van der Waals surface area contributed by atoms with Crippen LogP contribution in [0.1, 0.15) is 40.3 Å². The Bertz CT molecular complexity index is 739. The molecule has 1 aromatic heterocycles. The van der Waals surface area contributed by atoms with Crippen LogP contribution in [-0.2, 0) is 0 Å². The Morgan fingerprint density at radius 3 is 2.48 bits per heavy atom. The van der Waals surface area contributed by atoms with Crippen molar-refractivity contribution < 1.29 is 4.79 Å². The highest BCUT2D eigenvalue weighted by molar-refractivity contribution is 7.17. The van der Waals surface area contributed by atoms with Crippen LogP contribution >= 0.6 is 11.3 Å². The topological polar surface area (TPSA) is 36.4 Å². The van der Waals surface area contributed by atoms with Crippen molar-refractivity contribution in [1.82, 2.24) is 14.8 Å². The number of nitrogens with zero attached hydrogens (tertiary/aromatic N) is 3. The van der Waals surface area contributed by atoms with E-state index in [2.05, 4.69) is 50.9 Å². The summed E-state index contributed by atoms with van der Waals surface area (Å²) in [5, 5.41) is 0.934. The van der Waals surface area contributed by atoms with Crippen molar-refractivity contribution in [1.29, 1.82) is 0 Å². The van der Waals surface area contributed by atoms with E-state index in [1.807, 2.05) is 18.7 Å². The summed E-state index contributed by atoms with van der Waals surface area (Å²) >= 11 is 1.51. The fourth-order valence-electron chi connectivity index (χ4n) is 2.67. The van der Waals surface area contributed by atoms with Gasteiger partial charge in [0.15, 0.2) is 0 Å². The Labute approximate surface area is 155 Å². The van der Waals surface area contributed by atoms with E-state index in [-0.39, 0.29) is 5.91 Å². The van der Waals surface area contributed by atoms with Crippen LogP contribution < -0.4 is 0 Å². The molecule has 25 heavy (non-hydrogen) atoms. The second-order valence-electron chi connectivity index (χ2n) is 6.53. The van der Waals surface area contributed by atoms with Crippen molar-refractivity contribution in [2.75, 3.05) is 33.2 Å². The molecule has 1 heterocycles. The Morgan fingerprint density at radius 1 is 1.12 bits per heavy atom. The molecule has 0 aliphatic carbocycles. The largest absolute Gasteiger partial charge is 0.337 e. The zero-order valence-corrected chi connectivity index (χ0v) is 17.0. The van der Waals surface area contributed by atoms with Gasteiger partial charge in [0.1, 0.15) is 9.88 Å². The molecule has 0 saturated carbocycles. The molecule has 0 aliphatic rings. The molecule has 0 spiro atoms. The minimum atomic E-state index is 0.0959. The number of amides is 1. The Hall–Kier alpha value is -1.72. The fraction of sp³-hybridized carbons (Fsp3) is 0.500. The number of hydrogen-bond donors (Lipinski definition) is 0. The van der Waals surface area contributed by atoms with Crippen LogP contribution in [-0.4, -0.2) is 53.9 Å². The summed E-state index contributed by atoms with van der Waals surface area (Å²) in [5.74, 6) is 0.0959. The van der Waals surface area contributed by atoms with E-state index >= 15 is 0 Å². The average Bonchev–Trinajstić information content (AvgIpc) is 2.98. The number of thiazole rings is 1. The van der Waals surface area contributed by atoms with Crippen molar-refractivity contribution >= 4 is 17.2 Å². The third-order valence-electron chi connectivity index (χ3n) is 4.57. The molecule has 0 saturated heterocycles. The lowest BCUT2D eigenvalue weighted by molar-refractivity contribution is 0.0755. The summed E-state index contributed by atoms with van der Waals surface area (Å²) in [7, 11) is 2.08. The molecule has 2 aromatic rings. The normalized spacial score (nSPS) is 11.2. The molecular formula is C20H29N3OS. The monoisotopic (exact) mass is 359 g/mol. The summed E-state index contributed by atoms with van der Waals surface area (Å²) in [6.07, 6.45) is 0. The van der Waals surface area contributed by atoms with Crippen molar-refractivity contribution in [3.8, 4) is 10.6 Å². The highest BCUT2D eigenvalue weighted by Crippen LogP contribution is 2.31. The predicted octanol–water partition coefficient (Wildman–Crippen LogP) is 4.15. The molecule has 1 amide bonds. The first-order valence-corrected chi connectivity index (χ1v) is 9.71. The molecule has 2 rings (SSSR count). The van der Waals surface area contributed by atoms with Gasteiger partial charge in [0.25, 0.3) is 5.91 Å². The molecule has 1 aromatic carbocycles. The molecule has 5 heteroatoms. The number of likely N-dealkylation sites (N-methyl/N-ethyl adjacent to an activating group) is 2. The molecular weight excluding hydrogens is 330 g/mol. The van der Waals surface area contributed by atoms with Crippen LogP contribution in [0.4, 0.5) is 0 Å². The summed E-state index contributed by atoms with van der Waals surface area (Å²) in [6.45, 7) is 13.6. The molecule has 0 atom stereocenters. The van der Waals surface area contributed by atoms with Crippen LogP contribution in [0.5, 0.6) is 0 Å². The molecule has 136 valence electrons. The van der Waals surface area contributed by atoms with E-state index in [0.29, 0.717) is 6.54 Å². The number of aromatic nitrogens is 1. The lowest BCUT2D eigenvalue weighted by atomic mass is 10.1. The Kier molecular flexibility index (Phi) is 6.73. The number of carbonyl (C=O) groups is 1. The van der Waals surface area contributed by atoms with Gasteiger partial charge in [0.05, 0.1) is 5.69 Å². The smallest absolute Gasteiger partial charge is 0.265 e. The first-order chi connectivity index (χ1) is 11.9. The predicted molar refractivity (Wildman–Crippen MR) is 107 cm³/mol. The average molecular weight is 360 g/mol. The highest BCUT2D eigenvalue weighted by Gasteiger charge is 2.21. The number of hydrogen-bond acceptors (Lipinski definition) is 4. The minimum absolute atomic E-state index is 0.0959. The zero-order valence-electron chi connectivity index (χ0n) is 16.2. The first-order valence-electron chi connectivity index (χ1n) is 8.90. The van der Waals surface area contributed by atoms with Gasteiger partial charge in [-0.05, 0) is 52.9 Å². The van der Waals surface area contributed by atoms with Gasteiger partial charge in [-0.15, -0.1) is 11.3 Å². The quantitative estimate of drug-likeness (QED) is 0.745. The van der Waals surface area contributed by atoms with Gasteiger partial charge in [-0.2, -0.15) is 0 Å². The maximum atomic E-state index is 13.0. The number of benzene rings is 1. The number of carbonyl (C=O) groups excluding carboxylic acids is 1. The molecule has 0 radical (unpaired) electrons. The van der Waals surface area contributed by atoms with Gasteiger partial charge < -0.3 is 9.80 Å².